The molecule has 4 N–H and O–H groups in total. The average molecular weight is 338 g/mol. The number of rotatable bonds is 4. The predicted molar refractivity (Wildman–Crippen MR) is 82.9 cm³/mol. The van der Waals surface area contributed by atoms with Gasteiger partial charge in [-0.05, 0) is 31.5 Å². The molecule has 6 heteroatoms. The highest BCUT2D eigenvalue weighted by molar-refractivity contribution is 9.10. The van der Waals surface area contributed by atoms with Crippen molar-refractivity contribution in [3.05, 3.63) is 44.7 Å². The lowest BCUT2D eigenvalue weighted by Crippen LogP contribution is -2.29. The number of nitrogens with two attached hydrogens (primary N) is 1. The van der Waals surface area contributed by atoms with Gasteiger partial charge in [-0.25, -0.2) is 0 Å². The van der Waals surface area contributed by atoms with E-state index >= 15 is 0 Å². The van der Waals surface area contributed by atoms with Gasteiger partial charge in [-0.15, -0.1) is 0 Å². The predicted octanol–water partition coefficient (Wildman–Crippen LogP) is 1.76. The zero-order valence-corrected chi connectivity index (χ0v) is 12.7. The van der Waals surface area contributed by atoms with Crippen LogP contribution in [-0.4, -0.2) is 23.5 Å². The van der Waals surface area contributed by atoms with Crippen LogP contribution in [0, 0.1) is 0 Å². The van der Waals surface area contributed by atoms with Gasteiger partial charge in [0.2, 0.25) is 5.56 Å². The number of halogens is 1. The van der Waals surface area contributed by atoms with Gasteiger partial charge < -0.3 is 16.0 Å². The molecule has 1 aromatic heterocycles. The Labute approximate surface area is 124 Å². The van der Waals surface area contributed by atoms with Gasteiger partial charge in [0.15, 0.2) is 0 Å². The van der Waals surface area contributed by atoms with Crippen LogP contribution in [0.25, 0.3) is 10.9 Å². The first-order valence-corrected chi connectivity index (χ1v) is 7.13. The topological polar surface area (TPSA) is 88.0 Å². The second-order valence-corrected chi connectivity index (χ2v) is 5.67. The molecule has 0 saturated heterocycles. The van der Waals surface area contributed by atoms with Gasteiger partial charge in [-0.1, -0.05) is 15.9 Å². The maximum absolute atomic E-state index is 12.2. The fraction of sp³-hybridized carbons (Fsp3) is 0.286. The number of hydrogen-bond donors (Lipinski definition) is 3. The minimum absolute atomic E-state index is 0.0281. The molecule has 20 heavy (non-hydrogen) atoms. The lowest BCUT2D eigenvalue weighted by molar-refractivity contribution is 0.0954. The zero-order chi connectivity index (χ0) is 14.7. The molecule has 0 aliphatic carbocycles. The molecule has 2 aromatic rings. The van der Waals surface area contributed by atoms with Crippen molar-refractivity contribution >= 4 is 32.7 Å². The summed E-state index contributed by atoms with van der Waals surface area (Å²) in [6.07, 6.45) is 0.691. The van der Waals surface area contributed by atoms with E-state index in [1.807, 2.05) is 19.1 Å². The third-order valence-electron chi connectivity index (χ3n) is 2.93. The Morgan fingerprint density at radius 2 is 2.20 bits per heavy atom. The lowest BCUT2D eigenvalue weighted by Gasteiger charge is -2.09. The van der Waals surface area contributed by atoms with E-state index in [1.54, 1.807) is 6.07 Å². The summed E-state index contributed by atoms with van der Waals surface area (Å²) >= 11 is 3.37. The maximum atomic E-state index is 12.2. The number of pyridine rings is 1. The van der Waals surface area contributed by atoms with Crippen molar-refractivity contribution in [1.82, 2.24) is 10.3 Å². The summed E-state index contributed by atoms with van der Waals surface area (Å²) in [5.41, 5.74) is 6.35. The molecule has 0 aliphatic heterocycles. The normalized spacial score (nSPS) is 12.3. The number of nitrogens with one attached hydrogen (secondary N) is 2. The van der Waals surface area contributed by atoms with E-state index in [2.05, 4.69) is 26.2 Å². The van der Waals surface area contributed by atoms with Gasteiger partial charge in [-0.2, -0.15) is 0 Å². The second-order valence-electron chi connectivity index (χ2n) is 4.76. The minimum atomic E-state index is -0.294. The number of benzene rings is 1. The van der Waals surface area contributed by atoms with Crippen molar-refractivity contribution in [1.29, 1.82) is 0 Å². The van der Waals surface area contributed by atoms with Crippen LogP contribution in [0.1, 0.15) is 23.7 Å². The van der Waals surface area contributed by atoms with Gasteiger partial charge in [0, 0.05) is 34.0 Å². The molecular weight excluding hydrogens is 322 g/mol. The number of H-pyrrole nitrogens is 1. The fourth-order valence-corrected chi connectivity index (χ4v) is 2.28. The van der Waals surface area contributed by atoms with E-state index in [-0.39, 0.29) is 17.5 Å². The van der Waals surface area contributed by atoms with E-state index in [0.717, 1.165) is 4.47 Å². The van der Waals surface area contributed by atoms with Crippen LogP contribution in [0.5, 0.6) is 0 Å². The van der Waals surface area contributed by atoms with Crippen molar-refractivity contribution in [2.45, 2.75) is 19.4 Å². The monoisotopic (exact) mass is 337 g/mol. The molecule has 1 amide bonds. The van der Waals surface area contributed by atoms with E-state index in [9.17, 15) is 9.59 Å². The molecule has 106 valence electrons. The Morgan fingerprint density at radius 3 is 2.90 bits per heavy atom. The first-order chi connectivity index (χ1) is 9.47. The summed E-state index contributed by atoms with van der Waals surface area (Å²) in [7, 11) is 0. The summed E-state index contributed by atoms with van der Waals surface area (Å²) in [6.45, 7) is 2.37. The van der Waals surface area contributed by atoms with E-state index in [1.165, 1.54) is 6.07 Å². The van der Waals surface area contributed by atoms with Gasteiger partial charge in [0.1, 0.15) is 0 Å². The van der Waals surface area contributed by atoms with Crippen molar-refractivity contribution in [2.24, 2.45) is 5.73 Å². The Bertz CT molecular complexity index is 694. The average Bonchev–Trinajstić information content (AvgIpc) is 2.37. The quantitative estimate of drug-likeness (QED) is 0.794. The number of fused-ring (bicyclic) bond motifs is 1. The Hall–Kier alpha value is -1.66. The largest absolute Gasteiger partial charge is 0.352 e. The summed E-state index contributed by atoms with van der Waals surface area (Å²) < 4.78 is 0.849. The van der Waals surface area contributed by atoms with E-state index in [4.69, 9.17) is 5.73 Å². The van der Waals surface area contributed by atoms with Gasteiger partial charge in [-0.3, -0.25) is 9.59 Å². The SMILES string of the molecule is CC(N)CCNC(=O)c1cc(=O)[nH]c2ccc(Br)cc12. The molecule has 0 fully saturated rings. The summed E-state index contributed by atoms with van der Waals surface area (Å²) in [5, 5.41) is 3.49. The number of aromatic amines is 1. The molecule has 1 atom stereocenters. The van der Waals surface area contributed by atoms with Crippen molar-refractivity contribution < 1.29 is 4.79 Å². The van der Waals surface area contributed by atoms with Crippen molar-refractivity contribution in [3.8, 4) is 0 Å². The lowest BCUT2D eigenvalue weighted by atomic mass is 10.1. The van der Waals surface area contributed by atoms with Crippen LogP contribution in [0.3, 0.4) is 0 Å². The molecule has 2 rings (SSSR count). The van der Waals surface area contributed by atoms with Crippen LogP contribution < -0.4 is 16.6 Å². The number of carbonyl (C=O) groups is 1. The van der Waals surface area contributed by atoms with Crippen LogP contribution >= 0.6 is 15.9 Å². The third-order valence-corrected chi connectivity index (χ3v) is 3.43. The smallest absolute Gasteiger partial charge is 0.252 e. The van der Waals surface area contributed by atoms with Crippen LogP contribution in [-0.2, 0) is 0 Å². The zero-order valence-electron chi connectivity index (χ0n) is 11.1. The van der Waals surface area contributed by atoms with Crippen LogP contribution in [0.15, 0.2) is 33.5 Å². The molecular formula is C14H16BrN3O2. The molecule has 0 bridgehead atoms. The number of amides is 1. The number of aromatic nitrogens is 1. The minimum Gasteiger partial charge on any atom is -0.352 e. The van der Waals surface area contributed by atoms with Crippen LogP contribution in [0.2, 0.25) is 0 Å². The van der Waals surface area contributed by atoms with E-state index in [0.29, 0.717) is 29.4 Å². The highest BCUT2D eigenvalue weighted by Crippen LogP contribution is 2.20. The molecule has 0 radical (unpaired) electrons. The summed E-state index contributed by atoms with van der Waals surface area (Å²) in [4.78, 5) is 26.5. The molecule has 5 nitrogen and oxygen atoms in total. The first-order valence-electron chi connectivity index (χ1n) is 6.34. The number of hydrogen-bond acceptors (Lipinski definition) is 3. The molecule has 1 aromatic carbocycles. The van der Waals surface area contributed by atoms with E-state index < -0.39 is 0 Å². The van der Waals surface area contributed by atoms with Crippen molar-refractivity contribution in [3.63, 3.8) is 0 Å². The Balaban J connectivity index is 2.35. The Kier molecular flexibility index (Phi) is 4.57. The number of carbonyl (C=O) groups excluding carboxylic acids is 1. The highest BCUT2D eigenvalue weighted by Gasteiger charge is 2.12. The van der Waals surface area contributed by atoms with Gasteiger partial charge in [0.05, 0.1) is 5.56 Å². The Morgan fingerprint density at radius 1 is 1.45 bits per heavy atom. The summed E-state index contributed by atoms with van der Waals surface area (Å²) in [5.74, 6) is -0.264. The maximum Gasteiger partial charge on any atom is 0.252 e. The molecule has 0 spiro atoms. The first kappa shape index (κ1) is 14.7. The summed E-state index contributed by atoms with van der Waals surface area (Å²) in [6, 6.07) is 6.73. The standard InChI is InChI=1S/C14H16BrN3O2/c1-8(16)4-5-17-14(20)11-7-13(19)18-12-3-2-9(15)6-10(11)12/h2-3,6-8H,4-5,16H2,1H3,(H,17,20)(H,18,19). The van der Waals surface area contributed by atoms with Crippen LogP contribution in [0.4, 0.5) is 0 Å². The molecule has 0 aliphatic rings. The van der Waals surface area contributed by atoms with Gasteiger partial charge in [0.25, 0.3) is 5.91 Å². The van der Waals surface area contributed by atoms with Crippen molar-refractivity contribution in [2.75, 3.05) is 6.54 Å². The second kappa shape index (κ2) is 6.19. The molecule has 1 unspecified atom stereocenters. The molecule has 1 heterocycles. The highest BCUT2D eigenvalue weighted by atomic mass is 79.9. The van der Waals surface area contributed by atoms with Gasteiger partial charge >= 0.3 is 0 Å². The third kappa shape index (κ3) is 3.46. The molecule has 0 saturated carbocycles. The fourth-order valence-electron chi connectivity index (χ4n) is 1.92.